The summed E-state index contributed by atoms with van der Waals surface area (Å²) in [4.78, 5) is 49.7. The molecule has 4 N–H and O–H groups in total. The second-order valence-electron chi connectivity index (χ2n) is 9.78. The molecule has 5 atom stereocenters. The monoisotopic (exact) mass is 620 g/mol. The van der Waals surface area contributed by atoms with Gasteiger partial charge in [0, 0.05) is 12.3 Å². The summed E-state index contributed by atoms with van der Waals surface area (Å²) in [6, 6.07) is -2.25. The summed E-state index contributed by atoms with van der Waals surface area (Å²) in [6.45, 7) is 6.42. The van der Waals surface area contributed by atoms with E-state index in [9.17, 15) is 37.6 Å². The van der Waals surface area contributed by atoms with Crippen LogP contribution in [0.3, 0.4) is 0 Å². The maximum atomic E-state index is 15.3. The fourth-order valence-electron chi connectivity index (χ4n) is 3.60. The second kappa shape index (κ2) is 13.1. The molecule has 0 aliphatic carbocycles. The Morgan fingerprint density at radius 2 is 1.56 bits per heavy atom. The lowest BCUT2D eigenvalue weighted by Crippen LogP contribution is -2.58. The minimum atomic E-state index is -4.89. The molecule has 1 fully saturated rings. The van der Waals surface area contributed by atoms with E-state index in [4.69, 9.17) is 18.7 Å². The Kier molecular flexibility index (Phi) is 11.1. The van der Waals surface area contributed by atoms with Gasteiger partial charge in [-0.15, -0.1) is 0 Å². The fourth-order valence-corrected chi connectivity index (χ4v) is 5.43. The molecule has 234 valence electrons. The quantitative estimate of drug-likeness (QED) is 0.140. The first kappa shape index (κ1) is 34.6. The Balaban J connectivity index is 2.46. The molecule has 0 saturated carbocycles. The number of aliphatic hydroxyl groups is 1. The van der Waals surface area contributed by atoms with Gasteiger partial charge in [-0.25, -0.2) is 23.7 Å². The molecule has 2 rings (SSSR count). The van der Waals surface area contributed by atoms with Gasteiger partial charge in [-0.2, -0.15) is 8.78 Å². The number of carbonyl (C=O) groups is 2. The van der Waals surface area contributed by atoms with Crippen molar-refractivity contribution in [1.29, 1.82) is 0 Å². The summed E-state index contributed by atoms with van der Waals surface area (Å²) >= 11 is 0. The van der Waals surface area contributed by atoms with E-state index < -0.39 is 92.0 Å². The molecule has 41 heavy (non-hydrogen) atoms. The van der Waals surface area contributed by atoms with E-state index in [0.29, 0.717) is 12.3 Å². The number of carbonyl (C=O) groups excluding carboxylic acids is 2. The van der Waals surface area contributed by atoms with Crippen molar-refractivity contribution < 1.29 is 55.6 Å². The normalized spacial score (nSPS) is 24.0. The predicted molar refractivity (Wildman–Crippen MR) is 132 cm³/mol. The van der Waals surface area contributed by atoms with Crippen LogP contribution in [0.25, 0.3) is 0 Å². The third-order valence-electron chi connectivity index (χ3n) is 5.61. The number of hydrogen-bond acceptors (Lipinski definition) is 10. The van der Waals surface area contributed by atoms with E-state index in [1.54, 1.807) is 4.98 Å². The smallest absolute Gasteiger partial charge is 0.342 e. The third-order valence-corrected chi connectivity index (χ3v) is 7.56. The van der Waals surface area contributed by atoms with Gasteiger partial charge in [0.1, 0.15) is 12.1 Å². The van der Waals surface area contributed by atoms with E-state index in [0.717, 1.165) is 13.8 Å². The Hall–Kier alpha value is -2.63. The number of aromatic nitrogens is 2. The van der Waals surface area contributed by atoms with Gasteiger partial charge in [0.25, 0.3) is 12.0 Å². The number of nitrogens with zero attached hydrogens (tertiary/aromatic N) is 1. The van der Waals surface area contributed by atoms with Crippen molar-refractivity contribution in [2.75, 3.05) is 6.61 Å². The molecule has 1 aromatic heterocycles. The highest BCUT2D eigenvalue weighted by Gasteiger charge is 2.74. The molecule has 0 amide bonds. The van der Waals surface area contributed by atoms with E-state index in [1.807, 2.05) is 0 Å². The van der Waals surface area contributed by atoms with Crippen molar-refractivity contribution in [2.24, 2.45) is 0 Å². The van der Waals surface area contributed by atoms with Crippen LogP contribution < -0.4 is 21.4 Å². The number of alkyl halides is 4. The number of esters is 2. The highest BCUT2D eigenvalue weighted by Crippen LogP contribution is 2.53. The van der Waals surface area contributed by atoms with Crippen molar-refractivity contribution in [2.45, 2.75) is 96.1 Å². The average molecular weight is 620 g/mol. The maximum absolute atomic E-state index is 15.3. The summed E-state index contributed by atoms with van der Waals surface area (Å²) in [6.07, 6.45) is -10.2. The van der Waals surface area contributed by atoms with Crippen LogP contribution in [0.2, 0.25) is 0 Å². The van der Waals surface area contributed by atoms with Crippen LogP contribution in [-0.4, -0.2) is 81.5 Å². The highest BCUT2D eigenvalue weighted by molar-refractivity contribution is 7.54. The van der Waals surface area contributed by atoms with Crippen LogP contribution in [0.15, 0.2) is 21.9 Å². The van der Waals surface area contributed by atoms with Crippen LogP contribution in [0.5, 0.6) is 0 Å². The van der Waals surface area contributed by atoms with Crippen molar-refractivity contribution in [3.63, 3.8) is 0 Å². The molecular formula is C22H33F4N4O10P. The van der Waals surface area contributed by atoms with Crippen LogP contribution in [0, 0.1) is 0 Å². The topological polar surface area (TPSA) is 187 Å². The lowest BCUT2D eigenvalue weighted by molar-refractivity contribution is -0.241. The molecule has 14 nitrogen and oxygen atoms in total. The third kappa shape index (κ3) is 7.81. The van der Waals surface area contributed by atoms with Crippen LogP contribution in [0.4, 0.5) is 17.6 Å². The Bertz CT molecular complexity index is 1230. The van der Waals surface area contributed by atoms with E-state index in [1.165, 1.54) is 27.7 Å². The summed E-state index contributed by atoms with van der Waals surface area (Å²) in [5.74, 6) is -6.81. The van der Waals surface area contributed by atoms with Gasteiger partial charge in [-0.1, -0.05) is 0 Å². The fraction of sp³-hybridized carbons (Fsp3) is 0.727. The highest BCUT2D eigenvalue weighted by atomic mass is 31.2. The molecule has 1 aliphatic heterocycles. The lowest BCUT2D eigenvalue weighted by Gasteiger charge is -2.35. The van der Waals surface area contributed by atoms with Gasteiger partial charge < -0.3 is 23.8 Å². The molecular weight excluding hydrogens is 587 g/mol. The molecule has 1 aliphatic rings. The zero-order valence-corrected chi connectivity index (χ0v) is 23.8. The SMILES string of the molecule is CC(C)OC(=O)[C@H](C)NP(=O)(N[C@@H](C)C(=O)OC(C)C)OC[C@@]1(C(F)F)O[C@@H](n2ccc(=O)[nH]c2=O)[C@H](O)C1(F)F. The van der Waals surface area contributed by atoms with E-state index >= 15 is 8.78 Å². The van der Waals surface area contributed by atoms with Crippen molar-refractivity contribution in [3.8, 4) is 0 Å². The maximum Gasteiger partial charge on any atom is 0.342 e. The Morgan fingerprint density at radius 1 is 1.07 bits per heavy atom. The van der Waals surface area contributed by atoms with Gasteiger partial charge in [0.2, 0.25) is 5.60 Å². The molecule has 1 aromatic rings. The van der Waals surface area contributed by atoms with Crippen LogP contribution in [-0.2, 0) is 32.9 Å². The minimum absolute atomic E-state index is 0.258. The predicted octanol–water partition coefficient (Wildman–Crippen LogP) is 1.05. The van der Waals surface area contributed by atoms with Crippen molar-refractivity contribution in [1.82, 2.24) is 19.7 Å². The number of aromatic amines is 1. The number of rotatable bonds is 13. The number of hydrogen-bond donors (Lipinski definition) is 4. The van der Waals surface area contributed by atoms with E-state index in [2.05, 4.69) is 10.2 Å². The summed E-state index contributed by atoms with van der Waals surface area (Å²) in [5, 5.41) is 14.5. The number of H-pyrrole nitrogens is 1. The molecule has 2 heterocycles. The van der Waals surface area contributed by atoms with Crippen molar-refractivity contribution in [3.05, 3.63) is 33.1 Å². The first-order valence-corrected chi connectivity index (χ1v) is 13.9. The van der Waals surface area contributed by atoms with Gasteiger partial charge in [-0.05, 0) is 41.5 Å². The van der Waals surface area contributed by atoms with Crippen molar-refractivity contribution >= 4 is 19.6 Å². The molecule has 0 spiro atoms. The van der Waals surface area contributed by atoms with Gasteiger partial charge >= 0.3 is 31.2 Å². The zero-order chi connectivity index (χ0) is 31.5. The minimum Gasteiger partial charge on any atom is -0.462 e. The van der Waals surface area contributed by atoms with Gasteiger partial charge in [-0.3, -0.25) is 28.5 Å². The number of aliphatic hydroxyl groups excluding tert-OH is 1. The first-order valence-electron chi connectivity index (χ1n) is 12.3. The Labute approximate surface area is 231 Å². The number of nitrogens with one attached hydrogen (secondary N) is 3. The molecule has 0 bridgehead atoms. The van der Waals surface area contributed by atoms with Crippen LogP contribution >= 0.6 is 7.67 Å². The van der Waals surface area contributed by atoms with Gasteiger partial charge in [0.05, 0.1) is 18.8 Å². The largest absolute Gasteiger partial charge is 0.462 e. The van der Waals surface area contributed by atoms with E-state index in [-0.39, 0.29) is 4.57 Å². The average Bonchev–Trinajstić information content (AvgIpc) is 3.03. The zero-order valence-electron chi connectivity index (χ0n) is 22.9. The number of halogens is 4. The van der Waals surface area contributed by atoms with Crippen LogP contribution in [0.1, 0.15) is 47.8 Å². The molecule has 0 radical (unpaired) electrons. The second-order valence-corrected chi connectivity index (χ2v) is 11.7. The molecule has 0 unspecified atom stereocenters. The Morgan fingerprint density at radius 3 is 1.98 bits per heavy atom. The standard InChI is InChI=1S/C22H33F4N4O10P/c1-10(2)38-17(33)12(5)28-41(36,29-13(6)18(34)39-11(3)4)37-9-21(19(23)24)22(25,26)15(32)16(40-21)30-8-7-14(31)27-20(30)35/h7-8,10-13,15-16,19,32H,9H2,1-6H3,(H,27,31,35)(H2,28,29,36)/t12-,13-,15-,16+,21-/m0/s1. The summed E-state index contributed by atoms with van der Waals surface area (Å²) < 4.78 is 93.1. The molecule has 19 heteroatoms. The lowest BCUT2D eigenvalue weighted by atomic mass is 9.95. The molecule has 0 aromatic carbocycles. The first-order chi connectivity index (χ1) is 18.8. The molecule has 1 saturated heterocycles. The summed E-state index contributed by atoms with van der Waals surface area (Å²) in [5.41, 5.74) is -6.30. The summed E-state index contributed by atoms with van der Waals surface area (Å²) in [7, 11) is -4.89. The van der Waals surface area contributed by atoms with Gasteiger partial charge in [0.15, 0.2) is 12.3 Å². The number of ether oxygens (including phenoxy) is 3.